The summed E-state index contributed by atoms with van der Waals surface area (Å²) in [6, 6.07) is 0. The maximum absolute atomic E-state index is 11.9. The Labute approximate surface area is 86.9 Å². The van der Waals surface area contributed by atoms with Crippen molar-refractivity contribution in [3.63, 3.8) is 0 Å². The van der Waals surface area contributed by atoms with Gasteiger partial charge in [0.2, 0.25) is 11.5 Å². The highest BCUT2D eigenvalue weighted by Crippen LogP contribution is 2.10. The highest BCUT2D eigenvalue weighted by molar-refractivity contribution is 6.68. The fourth-order valence-electron chi connectivity index (χ4n) is 1.73. The van der Waals surface area contributed by atoms with Crippen LogP contribution in [0, 0.1) is 0 Å². The second-order valence-electron chi connectivity index (χ2n) is 3.54. The molecule has 0 aromatic carbocycles. The van der Waals surface area contributed by atoms with Gasteiger partial charge < -0.3 is 15.2 Å². The minimum absolute atomic E-state index is 0.0180. The van der Waals surface area contributed by atoms with E-state index < -0.39 is 0 Å². The summed E-state index contributed by atoms with van der Waals surface area (Å²) in [5.41, 5.74) is 8.83. The first-order chi connectivity index (χ1) is 7.22. The number of carbonyl (C=O) groups excluding carboxylic acids is 1. The van der Waals surface area contributed by atoms with Crippen molar-refractivity contribution in [1.29, 1.82) is 0 Å². The van der Waals surface area contributed by atoms with Crippen molar-refractivity contribution in [3.8, 4) is 0 Å². The van der Waals surface area contributed by atoms with Crippen LogP contribution >= 0.6 is 0 Å². The van der Waals surface area contributed by atoms with E-state index in [1.54, 1.807) is 11.8 Å². The van der Waals surface area contributed by atoms with Crippen molar-refractivity contribution < 1.29 is 9.58 Å². The lowest BCUT2D eigenvalue weighted by Gasteiger charge is -2.12. The molecule has 2 aliphatic heterocycles. The molecule has 2 heterocycles. The highest BCUT2D eigenvalue weighted by Gasteiger charge is 2.35. The maximum atomic E-state index is 11.9. The Bertz CT molecular complexity index is 410. The Balaban J connectivity index is 2.22. The first kappa shape index (κ1) is 9.73. The lowest BCUT2D eigenvalue weighted by atomic mass is 10.3. The molecule has 2 rings (SSSR count). The van der Waals surface area contributed by atoms with Gasteiger partial charge in [-0.15, -0.1) is 0 Å². The van der Waals surface area contributed by atoms with E-state index in [0.717, 1.165) is 25.9 Å². The molecule has 15 heavy (non-hydrogen) atoms. The number of aliphatic imine (C=N–C) groups is 2. The Kier molecular flexibility index (Phi) is 2.43. The van der Waals surface area contributed by atoms with E-state index in [4.69, 9.17) is 5.53 Å². The Morgan fingerprint density at radius 2 is 2.07 bits per heavy atom. The van der Waals surface area contributed by atoms with Gasteiger partial charge >= 0.3 is 5.84 Å². The van der Waals surface area contributed by atoms with E-state index >= 15 is 0 Å². The Morgan fingerprint density at radius 3 is 2.67 bits per heavy atom. The van der Waals surface area contributed by atoms with Gasteiger partial charge in [-0.2, -0.15) is 4.99 Å². The van der Waals surface area contributed by atoms with Gasteiger partial charge in [-0.1, -0.05) is 0 Å². The summed E-state index contributed by atoms with van der Waals surface area (Å²) >= 11 is 0. The van der Waals surface area contributed by atoms with Crippen molar-refractivity contribution in [2.75, 3.05) is 13.1 Å². The fraction of sp³-hybridized carbons (Fsp3) is 0.556. The third-order valence-electron chi connectivity index (χ3n) is 2.44. The third-order valence-corrected chi connectivity index (χ3v) is 2.44. The van der Waals surface area contributed by atoms with Crippen molar-refractivity contribution >= 4 is 23.3 Å². The summed E-state index contributed by atoms with van der Waals surface area (Å²) < 4.78 is 0. The molecule has 0 aliphatic carbocycles. The summed E-state index contributed by atoms with van der Waals surface area (Å²) in [5.74, 6) is 0.274. The van der Waals surface area contributed by atoms with Gasteiger partial charge in [-0.05, 0) is 17.8 Å². The summed E-state index contributed by atoms with van der Waals surface area (Å²) in [7, 11) is 0. The van der Waals surface area contributed by atoms with E-state index in [1.807, 2.05) is 0 Å². The number of hydrogen-bond donors (Lipinski definition) is 0. The highest BCUT2D eigenvalue weighted by atomic mass is 16.2. The molecule has 0 aromatic heterocycles. The second-order valence-corrected chi connectivity index (χ2v) is 3.54. The first-order valence-corrected chi connectivity index (χ1v) is 4.88. The molecular weight excluding hydrogens is 194 g/mol. The number of nitrogens with zero attached hydrogens (tertiary/aromatic N) is 5. The number of amides is 1. The minimum atomic E-state index is -0.194. The van der Waals surface area contributed by atoms with Crippen LogP contribution in [-0.4, -0.2) is 46.1 Å². The van der Waals surface area contributed by atoms with Crippen LogP contribution in [0.2, 0.25) is 0 Å². The van der Waals surface area contributed by atoms with Gasteiger partial charge in [-0.3, -0.25) is 4.79 Å². The Hall–Kier alpha value is -1.81. The van der Waals surface area contributed by atoms with Crippen LogP contribution in [0.25, 0.3) is 5.53 Å². The average molecular weight is 205 g/mol. The van der Waals surface area contributed by atoms with Gasteiger partial charge in [0.25, 0.3) is 5.91 Å². The molecule has 0 aromatic rings. The summed E-state index contributed by atoms with van der Waals surface area (Å²) in [6.45, 7) is 3.15. The quantitative estimate of drug-likeness (QED) is 0.442. The monoisotopic (exact) mass is 205 g/mol. The number of hydrogen-bond acceptors (Lipinski definition) is 2. The molecule has 6 nitrogen and oxygen atoms in total. The van der Waals surface area contributed by atoms with E-state index in [1.165, 1.54) is 0 Å². The van der Waals surface area contributed by atoms with Crippen LogP contribution in [0.4, 0.5) is 0 Å². The molecule has 1 saturated heterocycles. The van der Waals surface area contributed by atoms with Gasteiger partial charge in [0.1, 0.15) is 0 Å². The van der Waals surface area contributed by atoms with Crippen molar-refractivity contribution in [2.45, 2.75) is 19.8 Å². The van der Waals surface area contributed by atoms with Crippen LogP contribution in [0.15, 0.2) is 9.98 Å². The van der Waals surface area contributed by atoms with Gasteiger partial charge in [0.15, 0.2) is 0 Å². The molecule has 2 aliphatic rings. The fourth-order valence-corrected chi connectivity index (χ4v) is 1.73. The molecule has 0 bridgehead atoms. The van der Waals surface area contributed by atoms with Gasteiger partial charge in [0.05, 0.1) is 0 Å². The van der Waals surface area contributed by atoms with Gasteiger partial charge in [0, 0.05) is 20.0 Å². The van der Waals surface area contributed by atoms with Gasteiger partial charge in [-0.25, -0.2) is 0 Å². The molecule has 0 N–H and O–H groups in total. The Morgan fingerprint density at radius 1 is 1.40 bits per heavy atom. The van der Waals surface area contributed by atoms with E-state index in [-0.39, 0.29) is 17.5 Å². The molecule has 0 saturated carbocycles. The zero-order valence-corrected chi connectivity index (χ0v) is 8.47. The van der Waals surface area contributed by atoms with E-state index in [0.29, 0.717) is 5.84 Å². The predicted molar refractivity (Wildman–Crippen MR) is 55.0 cm³/mol. The zero-order valence-electron chi connectivity index (χ0n) is 8.47. The van der Waals surface area contributed by atoms with E-state index in [2.05, 4.69) is 14.8 Å². The standard InChI is InChI=1S/C9H11N5O/c1-6-11-7(8(12-6)13-10)9(15)14-4-2-3-5-14/h2-5H2,1H3. The van der Waals surface area contributed by atoms with E-state index in [9.17, 15) is 4.79 Å². The average Bonchev–Trinajstić information content (AvgIpc) is 2.84. The normalized spacial score (nSPS) is 20.1. The summed E-state index contributed by atoms with van der Waals surface area (Å²) in [6.07, 6.45) is 2.04. The number of amidine groups is 2. The molecule has 0 spiro atoms. The van der Waals surface area contributed by atoms with Crippen LogP contribution in [0.3, 0.4) is 0 Å². The first-order valence-electron chi connectivity index (χ1n) is 4.88. The zero-order chi connectivity index (χ0) is 10.8. The smallest absolute Gasteiger partial charge is 0.434 e. The lowest BCUT2D eigenvalue weighted by molar-refractivity contribution is -0.123. The molecule has 0 radical (unpaired) electrons. The molecule has 1 amide bonds. The van der Waals surface area contributed by atoms with Crippen LogP contribution in [-0.2, 0) is 4.79 Å². The van der Waals surface area contributed by atoms with Crippen molar-refractivity contribution in [1.82, 2.24) is 4.90 Å². The topological polar surface area (TPSA) is 81.4 Å². The molecule has 0 unspecified atom stereocenters. The SMILES string of the molecule is CC1=NC(=[N+]=[N-])C(C(=O)N2CCCC2)=N1. The largest absolute Gasteiger partial charge is 0.497 e. The third kappa shape index (κ3) is 1.71. The van der Waals surface area contributed by atoms with Crippen LogP contribution in [0.1, 0.15) is 19.8 Å². The number of rotatable bonds is 1. The molecular formula is C9H11N5O. The number of carbonyl (C=O) groups is 1. The predicted octanol–water partition coefficient (Wildman–Crippen LogP) is 0.110. The maximum Gasteiger partial charge on any atom is 0.434 e. The van der Waals surface area contributed by atoms with Crippen molar-refractivity contribution in [2.24, 2.45) is 9.98 Å². The second kappa shape index (κ2) is 3.74. The number of likely N-dealkylation sites (tertiary alicyclic amines) is 1. The minimum Gasteiger partial charge on any atom is -0.497 e. The molecule has 78 valence electrons. The summed E-state index contributed by atoms with van der Waals surface area (Å²) in [5, 5.41) is 0. The molecule has 6 heteroatoms. The van der Waals surface area contributed by atoms with Crippen LogP contribution < -0.4 is 0 Å². The lowest BCUT2D eigenvalue weighted by Crippen LogP contribution is -2.37. The molecule has 0 atom stereocenters. The summed E-state index contributed by atoms with van der Waals surface area (Å²) in [4.78, 5) is 24.4. The van der Waals surface area contributed by atoms with Crippen molar-refractivity contribution in [3.05, 3.63) is 5.53 Å². The van der Waals surface area contributed by atoms with Crippen LogP contribution in [0.5, 0.6) is 0 Å². The molecule has 1 fully saturated rings.